The number of hydrogen-bond donors (Lipinski definition) is 0. The third-order valence-corrected chi connectivity index (χ3v) is 3.79. The Kier molecular flexibility index (Phi) is 2.54. The summed E-state index contributed by atoms with van der Waals surface area (Å²) in [6.07, 6.45) is 4.19. The summed E-state index contributed by atoms with van der Waals surface area (Å²) in [4.78, 5) is 0. The summed E-state index contributed by atoms with van der Waals surface area (Å²) in [7, 11) is 0. The van der Waals surface area contributed by atoms with Crippen molar-refractivity contribution in [1.82, 2.24) is 0 Å². The van der Waals surface area contributed by atoms with Crippen LogP contribution in [0.25, 0.3) is 0 Å². The van der Waals surface area contributed by atoms with Gasteiger partial charge in [0.2, 0.25) is 0 Å². The average Bonchev–Trinajstić information content (AvgIpc) is 2.73. The van der Waals surface area contributed by atoms with Gasteiger partial charge in [-0.3, -0.25) is 0 Å². The van der Waals surface area contributed by atoms with Crippen molar-refractivity contribution in [3.63, 3.8) is 0 Å². The molecule has 1 aromatic heterocycles. The highest BCUT2D eigenvalue weighted by Crippen LogP contribution is 2.22. The van der Waals surface area contributed by atoms with Gasteiger partial charge in [0.05, 0.1) is 0 Å². The summed E-state index contributed by atoms with van der Waals surface area (Å²) in [5.74, 6) is 2.25. The van der Waals surface area contributed by atoms with Gasteiger partial charge in [0.25, 0.3) is 0 Å². The molecule has 2 aromatic rings. The van der Waals surface area contributed by atoms with Gasteiger partial charge in [-0.1, -0.05) is 12.1 Å². The number of aryl methyl sites for hydroxylation is 6. The van der Waals surface area contributed by atoms with Gasteiger partial charge in [-0.2, -0.15) is 0 Å². The molecule has 1 heteroatoms. The first-order chi connectivity index (χ1) is 8.22. The van der Waals surface area contributed by atoms with E-state index in [1.807, 2.05) is 0 Å². The molecular formula is C16H18O. The molecule has 0 saturated heterocycles. The minimum atomic E-state index is 1.01. The number of furan rings is 1. The molecule has 2 aliphatic rings. The smallest absolute Gasteiger partial charge is 0.104 e. The molecule has 0 saturated carbocycles. The quantitative estimate of drug-likeness (QED) is 0.666. The van der Waals surface area contributed by atoms with E-state index < -0.39 is 0 Å². The van der Waals surface area contributed by atoms with Crippen molar-refractivity contribution >= 4 is 0 Å². The molecule has 17 heavy (non-hydrogen) atoms. The second-order valence-corrected chi connectivity index (χ2v) is 5.07. The molecule has 0 radical (unpaired) electrons. The van der Waals surface area contributed by atoms with Crippen molar-refractivity contribution in [2.75, 3.05) is 0 Å². The molecule has 0 amide bonds. The van der Waals surface area contributed by atoms with Crippen LogP contribution in [0.5, 0.6) is 0 Å². The summed E-state index contributed by atoms with van der Waals surface area (Å²) < 4.78 is 5.84. The van der Waals surface area contributed by atoms with Crippen LogP contribution in [0, 0.1) is 13.8 Å². The Morgan fingerprint density at radius 3 is 1.71 bits per heavy atom. The highest BCUT2D eigenvalue weighted by atomic mass is 16.3. The van der Waals surface area contributed by atoms with Crippen LogP contribution < -0.4 is 0 Å². The first-order valence-electron chi connectivity index (χ1n) is 6.39. The number of hydrogen-bond acceptors (Lipinski definition) is 1. The summed E-state index contributed by atoms with van der Waals surface area (Å²) in [5.41, 5.74) is 5.79. The van der Waals surface area contributed by atoms with Crippen molar-refractivity contribution in [2.24, 2.45) is 0 Å². The normalized spacial score (nSPS) is 14.7. The molecule has 88 valence electrons. The van der Waals surface area contributed by atoms with E-state index in [0.29, 0.717) is 0 Å². The van der Waals surface area contributed by atoms with E-state index in [4.69, 9.17) is 4.42 Å². The third-order valence-electron chi connectivity index (χ3n) is 3.79. The summed E-state index contributed by atoms with van der Waals surface area (Å²) in [5, 5.41) is 0. The fraction of sp³-hybridized carbons (Fsp3) is 0.375. The Balaban J connectivity index is 2.05. The van der Waals surface area contributed by atoms with Gasteiger partial charge in [0.15, 0.2) is 0 Å². The van der Waals surface area contributed by atoms with E-state index in [-0.39, 0.29) is 0 Å². The second-order valence-electron chi connectivity index (χ2n) is 5.07. The topological polar surface area (TPSA) is 13.1 Å². The van der Waals surface area contributed by atoms with Gasteiger partial charge < -0.3 is 4.42 Å². The molecule has 4 bridgehead atoms. The Hall–Kier alpha value is -1.50. The van der Waals surface area contributed by atoms with E-state index in [1.54, 1.807) is 0 Å². The first kappa shape index (κ1) is 10.6. The summed E-state index contributed by atoms with van der Waals surface area (Å²) in [6, 6.07) is 8.98. The van der Waals surface area contributed by atoms with E-state index in [1.165, 1.54) is 22.3 Å². The van der Waals surface area contributed by atoms with Crippen molar-refractivity contribution in [3.8, 4) is 0 Å². The lowest BCUT2D eigenvalue weighted by atomic mass is 9.94. The van der Waals surface area contributed by atoms with Crippen molar-refractivity contribution < 1.29 is 4.42 Å². The lowest BCUT2D eigenvalue weighted by molar-refractivity contribution is 0.464. The molecule has 1 aromatic carbocycles. The molecule has 0 unspecified atom stereocenters. The number of fused-ring (bicyclic) bond motifs is 4. The SMILES string of the molecule is Cc1cc2c(C)cc1CCc1ccc(o1)CC2. The van der Waals surface area contributed by atoms with Crippen LogP contribution >= 0.6 is 0 Å². The van der Waals surface area contributed by atoms with Gasteiger partial charge in [-0.05, 0) is 61.1 Å². The van der Waals surface area contributed by atoms with E-state index >= 15 is 0 Å². The predicted octanol–water partition coefficient (Wildman–Crippen LogP) is 3.78. The predicted molar refractivity (Wildman–Crippen MR) is 69.4 cm³/mol. The van der Waals surface area contributed by atoms with Crippen LogP contribution in [-0.2, 0) is 25.7 Å². The summed E-state index contributed by atoms with van der Waals surface area (Å²) >= 11 is 0. The first-order valence-corrected chi connectivity index (χ1v) is 6.39. The lowest BCUT2D eigenvalue weighted by Gasteiger charge is -2.11. The monoisotopic (exact) mass is 226 g/mol. The Morgan fingerprint density at radius 1 is 0.765 bits per heavy atom. The Morgan fingerprint density at radius 2 is 1.24 bits per heavy atom. The fourth-order valence-electron chi connectivity index (χ4n) is 2.68. The maximum atomic E-state index is 5.84. The molecule has 0 atom stereocenters. The Labute approximate surface area is 102 Å². The molecule has 3 heterocycles. The molecule has 0 N–H and O–H groups in total. The lowest BCUT2D eigenvalue weighted by Crippen LogP contribution is -1.98. The minimum absolute atomic E-state index is 1.01. The fourth-order valence-corrected chi connectivity index (χ4v) is 2.68. The van der Waals surface area contributed by atoms with E-state index in [9.17, 15) is 0 Å². The van der Waals surface area contributed by atoms with Crippen LogP contribution in [0.15, 0.2) is 28.7 Å². The van der Waals surface area contributed by atoms with Crippen molar-refractivity contribution in [2.45, 2.75) is 39.5 Å². The molecule has 4 rings (SSSR count). The molecule has 1 nitrogen and oxygen atoms in total. The Bertz CT molecular complexity index is 500. The standard InChI is InChI=1S/C16H18O/c1-11-9-14-4-6-16-8-7-15(17-16)5-3-13(11)10-12(14)2/h7-10H,3-6H2,1-2H3. The molecule has 0 spiro atoms. The zero-order valence-corrected chi connectivity index (χ0v) is 10.5. The molecule has 0 aliphatic carbocycles. The number of rotatable bonds is 0. The zero-order valence-electron chi connectivity index (χ0n) is 10.5. The molecule has 0 fully saturated rings. The van der Waals surface area contributed by atoms with Gasteiger partial charge in [-0.15, -0.1) is 0 Å². The van der Waals surface area contributed by atoms with Gasteiger partial charge in [0.1, 0.15) is 11.5 Å². The second kappa shape index (κ2) is 4.06. The van der Waals surface area contributed by atoms with E-state index in [2.05, 4.69) is 38.1 Å². The average molecular weight is 226 g/mol. The van der Waals surface area contributed by atoms with Crippen LogP contribution in [-0.4, -0.2) is 0 Å². The van der Waals surface area contributed by atoms with Crippen LogP contribution in [0.3, 0.4) is 0 Å². The third kappa shape index (κ3) is 2.02. The van der Waals surface area contributed by atoms with Gasteiger partial charge >= 0.3 is 0 Å². The van der Waals surface area contributed by atoms with Crippen LogP contribution in [0.2, 0.25) is 0 Å². The van der Waals surface area contributed by atoms with Crippen LogP contribution in [0.4, 0.5) is 0 Å². The minimum Gasteiger partial charge on any atom is -0.466 e. The van der Waals surface area contributed by atoms with Gasteiger partial charge in [-0.25, -0.2) is 0 Å². The zero-order chi connectivity index (χ0) is 11.8. The maximum Gasteiger partial charge on any atom is 0.104 e. The highest BCUT2D eigenvalue weighted by Gasteiger charge is 2.10. The highest BCUT2D eigenvalue weighted by molar-refractivity contribution is 5.38. The summed E-state index contributed by atoms with van der Waals surface area (Å²) in [6.45, 7) is 4.45. The maximum absolute atomic E-state index is 5.84. The number of benzene rings is 1. The largest absolute Gasteiger partial charge is 0.466 e. The molecular weight excluding hydrogens is 208 g/mol. The molecule has 2 aliphatic heterocycles. The van der Waals surface area contributed by atoms with Crippen LogP contribution in [0.1, 0.15) is 33.8 Å². The van der Waals surface area contributed by atoms with Crippen molar-refractivity contribution in [3.05, 3.63) is 58.0 Å². The van der Waals surface area contributed by atoms with Crippen molar-refractivity contribution in [1.29, 1.82) is 0 Å². The van der Waals surface area contributed by atoms with E-state index in [0.717, 1.165) is 37.2 Å². The van der Waals surface area contributed by atoms with Gasteiger partial charge in [0, 0.05) is 12.8 Å².